The molecule has 0 spiro atoms. The van der Waals surface area contributed by atoms with Crippen LogP contribution < -0.4 is 4.90 Å². The predicted molar refractivity (Wildman–Crippen MR) is 89.9 cm³/mol. The maximum absolute atomic E-state index is 4.76. The second-order valence-electron chi connectivity index (χ2n) is 8.17. The van der Waals surface area contributed by atoms with Crippen LogP contribution in [0.4, 0.5) is 5.69 Å². The van der Waals surface area contributed by atoms with E-state index in [1.807, 2.05) is 0 Å². The van der Waals surface area contributed by atoms with E-state index in [2.05, 4.69) is 59.4 Å². The number of aryl methyl sites for hydroxylation is 3. The summed E-state index contributed by atoms with van der Waals surface area (Å²) in [6.07, 6.45) is 3.98. The van der Waals surface area contributed by atoms with Crippen molar-refractivity contribution in [2.24, 2.45) is 11.3 Å². The van der Waals surface area contributed by atoms with Gasteiger partial charge >= 0.3 is 0 Å². The van der Waals surface area contributed by atoms with Gasteiger partial charge in [-0.05, 0) is 76.8 Å². The zero-order chi connectivity index (χ0) is 15.6. The highest BCUT2D eigenvalue weighted by atomic mass is 15.3. The molecule has 1 aliphatic carbocycles. The highest BCUT2D eigenvalue weighted by Gasteiger charge is 2.57. The highest BCUT2D eigenvalue weighted by molar-refractivity contribution is 5.61. The Bertz CT molecular complexity index is 556. The van der Waals surface area contributed by atoms with Crippen molar-refractivity contribution in [3.63, 3.8) is 0 Å². The Morgan fingerprint density at radius 3 is 2.38 bits per heavy atom. The number of piperidine rings is 2. The first-order valence-corrected chi connectivity index (χ1v) is 8.43. The van der Waals surface area contributed by atoms with Gasteiger partial charge in [0, 0.05) is 17.3 Å². The zero-order valence-corrected chi connectivity index (χ0v) is 14.7. The normalized spacial score (nSPS) is 38.9. The summed E-state index contributed by atoms with van der Waals surface area (Å²) in [5.74, 6) is 0.807. The van der Waals surface area contributed by atoms with Crippen molar-refractivity contribution in [2.75, 3.05) is 4.90 Å². The molecule has 0 amide bonds. The van der Waals surface area contributed by atoms with Crippen molar-refractivity contribution in [3.05, 3.63) is 23.0 Å². The lowest BCUT2D eigenvalue weighted by Gasteiger charge is -2.66. The topological polar surface area (TPSA) is 16.1 Å². The van der Waals surface area contributed by atoms with Crippen molar-refractivity contribution in [2.45, 2.75) is 79.3 Å². The SMILES string of the molecule is Cc1cc(C)c(N2C(C)C3(C)CCC2(C)CC3C)c(C)n1. The molecule has 1 saturated carbocycles. The fourth-order valence-electron chi connectivity index (χ4n) is 5.23. The van der Waals surface area contributed by atoms with Gasteiger partial charge in [-0.25, -0.2) is 0 Å². The molecule has 21 heavy (non-hydrogen) atoms. The molecule has 1 aromatic heterocycles. The maximum atomic E-state index is 4.76. The molecule has 0 N–H and O–H groups in total. The molecule has 116 valence electrons. The zero-order valence-electron chi connectivity index (χ0n) is 14.7. The quantitative estimate of drug-likeness (QED) is 0.737. The number of hydrogen-bond acceptors (Lipinski definition) is 2. The number of fused-ring (bicyclic) bond motifs is 3. The number of nitrogens with zero attached hydrogens (tertiary/aromatic N) is 2. The third kappa shape index (κ3) is 1.94. The Balaban J connectivity index is 2.15. The monoisotopic (exact) mass is 286 g/mol. The Labute approximate surface area is 130 Å². The average molecular weight is 286 g/mol. The van der Waals surface area contributed by atoms with Gasteiger partial charge in [-0.1, -0.05) is 13.8 Å². The number of hydrogen-bond donors (Lipinski definition) is 0. The van der Waals surface area contributed by atoms with Gasteiger partial charge in [-0.3, -0.25) is 4.98 Å². The molecule has 2 nitrogen and oxygen atoms in total. The molecule has 3 fully saturated rings. The lowest BCUT2D eigenvalue weighted by atomic mass is 9.54. The van der Waals surface area contributed by atoms with Crippen LogP contribution in [-0.2, 0) is 0 Å². The molecule has 3 heterocycles. The van der Waals surface area contributed by atoms with Crippen molar-refractivity contribution in [1.29, 1.82) is 0 Å². The Kier molecular flexibility index (Phi) is 3.17. The van der Waals surface area contributed by atoms with Gasteiger partial charge in [-0.15, -0.1) is 0 Å². The van der Waals surface area contributed by atoms with E-state index in [1.54, 1.807) is 0 Å². The van der Waals surface area contributed by atoms with Crippen molar-refractivity contribution >= 4 is 5.69 Å². The third-order valence-corrected chi connectivity index (χ3v) is 6.72. The van der Waals surface area contributed by atoms with E-state index in [0.29, 0.717) is 17.0 Å². The summed E-state index contributed by atoms with van der Waals surface area (Å²) >= 11 is 0. The second kappa shape index (κ2) is 4.47. The smallest absolute Gasteiger partial charge is 0.0619 e. The highest BCUT2D eigenvalue weighted by Crippen LogP contribution is 2.58. The van der Waals surface area contributed by atoms with Gasteiger partial charge in [0.15, 0.2) is 0 Å². The molecule has 2 saturated heterocycles. The molecular formula is C19H30N2. The fourth-order valence-corrected chi connectivity index (χ4v) is 5.23. The van der Waals surface area contributed by atoms with E-state index in [9.17, 15) is 0 Å². The summed E-state index contributed by atoms with van der Waals surface area (Å²) in [5.41, 5.74) is 5.84. The first-order valence-electron chi connectivity index (χ1n) is 8.43. The van der Waals surface area contributed by atoms with Gasteiger partial charge in [-0.2, -0.15) is 0 Å². The summed E-state index contributed by atoms with van der Waals surface area (Å²) in [6, 6.07) is 2.83. The summed E-state index contributed by atoms with van der Waals surface area (Å²) < 4.78 is 0. The summed E-state index contributed by atoms with van der Waals surface area (Å²) in [6.45, 7) is 16.4. The third-order valence-electron chi connectivity index (χ3n) is 6.72. The predicted octanol–water partition coefficient (Wildman–Crippen LogP) is 4.80. The minimum Gasteiger partial charge on any atom is -0.361 e. The van der Waals surface area contributed by atoms with Crippen LogP contribution in [-0.4, -0.2) is 16.6 Å². The summed E-state index contributed by atoms with van der Waals surface area (Å²) in [7, 11) is 0. The fraction of sp³-hybridized carbons (Fsp3) is 0.737. The largest absolute Gasteiger partial charge is 0.361 e. The van der Waals surface area contributed by atoms with E-state index in [1.165, 1.54) is 36.2 Å². The molecule has 4 unspecified atom stereocenters. The van der Waals surface area contributed by atoms with Crippen LogP contribution in [0.1, 0.15) is 63.9 Å². The van der Waals surface area contributed by atoms with E-state index in [0.717, 1.165) is 11.6 Å². The van der Waals surface area contributed by atoms with E-state index in [-0.39, 0.29) is 0 Å². The van der Waals surface area contributed by atoms with Gasteiger partial charge in [0.2, 0.25) is 0 Å². The Hall–Kier alpha value is -1.05. The molecule has 2 bridgehead atoms. The molecule has 0 aromatic carbocycles. The van der Waals surface area contributed by atoms with E-state index < -0.39 is 0 Å². The molecule has 2 heteroatoms. The standard InChI is InChI=1S/C19H30N2/c1-12-10-14(3)20-15(4)17(12)21-16(5)19(7)9-8-18(21,6)11-13(19)2/h10,13,16H,8-9,11H2,1-7H3. The Morgan fingerprint density at radius 1 is 1.14 bits per heavy atom. The van der Waals surface area contributed by atoms with Crippen LogP contribution in [0.15, 0.2) is 6.07 Å². The number of rotatable bonds is 1. The molecule has 4 atom stereocenters. The molecule has 2 aliphatic heterocycles. The summed E-state index contributed by atoms with van der Waals surface area (Å²) in [5, 5.41) is 0. The van der Waals surface area contributed by atoms with Gasteiger partial charge < -0.3 is 4.90 Å². The summed E-state index contributed by atoms with van der Waals surface area (Å²) in [4.78, 5) is 7.49. The van der Waals surface area contributed by atoms with Crippen LogP contribution in [0.3, 0.4) is 0 Å². The minimum atomic E-state index is 0.295. The van der Waals surface area contributed by atoms with Crippen molar-refractivity contribution in [1.82, 2.24) is 4.98 Å². The first kappa shape index (κ1) is 14.9. The Morgan fingerprint density at radius 2 is 1.81 bits per heavy atom. The number of anilines is 1. The van der Waals surface area contributed by atoms with Gasteiger partial charge in [0.05, 0.1) is 11.4 Å². The maximum Gasteiger partial charge on any atom is 0.0619 e. The van der Waals surface area contributed by atoms with E-state index in [4.69, 9.17) is 4.98 Å². The molecular weight excluding hydrogens is 256 g/mol. The lowest BCUT2D eigenvalue weighted by Crippen LogP contribution is -2.68. The van der Waals surface area contributed by atoms with Crippen molar-refractivity contribution < 1.29 is 0 Å². The van der Waals surface area contributed by atoms with Crippen LogP contribution in [0, 0.1) is 32.1 Å². The first-order chi connectivity index (χ1) is 9.69. The van der Waals surface area contributed by atoms with Gasteiger partial charge in [0.1, 0.15) is 0 Å². The van der Waals surface area contributed by atoms with Crippen LogP contribution in [0.25, 0.3) is 0 Å². The van der Waals surface area contributed by atoms with Crippen LogP contribution >= 0.6 is 0 Å². The van der Waals surface area contributed by atoms with Crippen molar-refractivity contribution in [3.8, 4) is 0 Å². The molecule has 4 rings (SSSR count). The van der Waals surface area contributed by atoms with Gasteiger partial charge in [0.25, 0.3) is 0 Å². The number of aromatic nitrogens is 1. The van der Waals surface area contributed by atoms with E-state index >= 15 is 0 Å². The van der Waals surface area contributed by atoms with Crippen LogP contribution in [0.5, 0.6) is 0 Å². The molecule has 3 aliphatic rings. The van der Waals surface area contributed by atoms with Crippen LogP contribution in [0.2, 0.25) is 0 Å². The minimum absolute atomic E-state index is 0.295. The average Bonchev–Trinajstić information content (AvgIpc) is 2.36. The lowest BCUT2D eigenvalue weighted by molar-refractivity contribution is -0.00522. The molecule has 1 aromatic rings. The molecule has 0 radical (unpaired) electrons. The number of pyridine rings is 1. The second-order valence-corrected chi connectivity index (χ2v) is 8.17.